The molecule has 0 bridgehead atoms. The Bertz CT molecular complexity index is 806. The van der Waals surface area contributed by atoms with Gasteiger partial charge in [-0.3, -0.25) is 14.5 Å². The Balaban J connectivity index is 1.76. The summed E-state index contributed by atoms with van der Waals surface area (Å²) in [6.45, 7) is 3.90. The fourth-order valence-electron chi connectivity index (χ4n) is 2.31. The number of hydrogen-bond acceptors (Lipinski definition) is 4. The van der Waals surface area contributed by atoms with Gasteiger partial charge in [-0.2, -0.15) is 5.10 Å². The van der Waals surface area contributed by atoms with Gasteiger partial charge in [-0.05, 0) is 43.0 Å². The van der Waals surface area contributed by atoms with Crippen molar-refractivity contribution < 1.29 is 4.79 Å². The van der Waals surface area contributed by atoms with E-state index in [1.165, 1.54) is 0 Å². The molecule has 0 aliphatic heterocycles. The first-order valence-electron chi connectivity index (χ1n) is 7.36. The highest BCUT2D eigenvalue weighted by atomic mass is 32.1. The summed E-state index contributed by atoms with van der Waals surface area (Å²) in [5, 5.41) is 9.27. The van der Waals surface area contributed by atoms with Crippen LogP contribution in [-0.2, 0) is 7.05 Å². The van der Waals surface area contributed by atoms with Gasteiger partial charge in [0, 0.05) is 13.2 Å². The SMILES string of the molecule is Cc1ccc([C@@H](C)NC(=O)c2cc(-c3cccs3)n(C)n2)nc1. The summed E-state index contributed by atoms with van der Waals surface area (Å²) in [7, 11) is 1.84. The number of carbonyl (C=O) groups is 1. The molecule has 0 radical (unpaired) electrons. The van der Waals surface area contributed by atoms with Crippen LogP contribution in [0.15, 0.2) is 41.9 Å². The van der Waals surface area contributed by atoms with Gasteiger partial charge >= 0.3 is 0 Å². The van der Waals surface area contributed by atoms with Gasteiger partial charge in [0.15, 0.2) is 5.69 Å². The Morgan fingerprint density at radius 2 is 2.17 bits per heavy atom. The highest BCUT2D eigenvalue weighted by Crippen LogP contribution is 2.25. The highest BCUT2D eigenvalue weighted by molar-refractivity contribution is 7.13. The average Bonchev–Trinajstić information content (AvgIpc) is 3.16. The summed E-state index contributed by atoms with van der Waals surface area (Å²) >= 11 is 1.62. The van der Waals surface area contributed by atoms with Gasteiger partial charge in [-0.1, -0.05) is 12.1 Å². The van der Waals surface area contributed by atoms with Crippen molar-refractivity contribution in [3.8, 4) is 10.6 Å². The molecule has 0 unspecified atom stereocenters. The van der Waals surface area contributed by atoms with Gasteiger partial charge < -0.3 is 5.32 Å². The van der Waals surface area contributed by atoms with Crippen molar-refractivity contribution in [2.24, 2.45) is 7.05 Å². The minimum Gasteiger partial charge on any atom is -0.343 e. The lowest BCUT2D eigenvalue weighted by molar-refractivity contribution is 0.0933. The van der Waals surface area contributed by atoms with E-state index in [1.54, 1.807) is 22.2 Å². The fraction of sp³-hybridized carbons (Fsp3) is 0.235. The maximum absolute atomic E-state index is 12.4. The van der Waals surface area contributed by atoms with Crippen LogP contribution in [-0.4, -0.2) is 20.7 Å². The number of aryl methyl sites for hydroxylation is 2. The van der Waals surface area contributed by atoms with Crippen LogP contribution < -0.4 is 5.32 Å². The number of nitrogens with one attached hydrogen (secondary N) is 1. The van der Waals surface area contributed by atoms with Crippen LogP contribution in [0.4, 0.5) is 0 Å². The molecular formula is C17H18N4OS. The predicted molar refractivity (Wildman–Crippen MR) is 91.4 cm³/mol. The number of pyridine rings is 1. The van der Waals surface area contributed by atoms with Crippen molar-refractivity contribution in [3.05, 3.63) is 58.9 Å². The number of carbonyl (C=O) groups excluding carboxylic acids is 1. The highest BCUT2D eigenvalue weighted by Gasteiger charge is 2.17. The van der Waals surface area contributed by atoms with E-state index in [-0.39, 0.29) is 11.9 Å². The van der Waals surface area contributed by atoms with Crippen LogP contribution in [0.3, 0.4) is 0 Å². The summed E-state index contributed by atoms with van der Waals surface area (Å²) in [5.74, 6) is -0.196. The second-order valence-electron chi connectivity index (χ2n) is 5.47. The zero-order chi connectivity index (χ0) is 16.4. The van der Waals surface area contributed by atoms with Gasteiger partial charge in [-0.15, -0.1) is 11.3 Å². The molecule has 6 heteroatoms. The molecule has 0 fully saturated rings. The molecule has 1 atom stereocenters. The van der Waals surface area contributed by atoms with Gasteiger partial charge in [0.1, 0.15) is 0 Å². The van der Waals surface area contributed by atoms with Crippen LogP contribution in [0.25, 0.3) is 10.6 Å². The molecule has 0 spiro atoms. The standard InChI is InChI=1S/C17H18N4OS/c1-11-6-7-13(18-10-11)12(2)19-17(22)14-9-15(21(3)20-14)16-5-4-8-23-16/h4-10,12H,1-3H3,(H,19,22)/t12-/m1/s1. The first-order valence-corrected chi connectivity index (χ1v) is 8.24. The Labute approximate surface area is 139 Å². The van der Waals surface area contributed by atoms with E-state index in [9.17, 15) is 4.79 Å². The molecule has 0 aliphatic rings. The zero-order valence-corrected chi connectivity index (χ0v) is 14.1. The quantitative estimate of drug-likeness (QED) is 0.800. The summed E-state index contributed by atoms with van der Waals surface area (Å²) in [6, 6.07) is 9.56. The Kier molecular flexibility index (Phi) is 4.25. The van der Waals surface area contributed by atoms with Crippen molar-refractivity contribution in [1.29, 1.82) is 0 Å². The molecule has 118 valence electrons. The van der Waals surface area contributed by atoms with Crippen LogP contribution in [0, 0.1) is 6.92 Å². The van der Waals surface area contributed by atoms with E-state index in [4.69, 9.17) is 0 Å². The molecule has 0 aromatic carbocycles. The number of thiophene rings is 1. The molecule has 3 aromatic rings. The van der Waals surface area contributed by atoms with Crippen LogP contribution in [0.2, 0.25) is 0 Å². The third kappa shape index (κ3) is 3.32. The molecule has 5 nitrogen and oxygen atoms in total. The number of amides is 1. The molecule has 0 saturated carbocycles. The second kappa shape index (κ2) is 6.34. The lowest BCUT2D eigenvalue weighted by Gasteiger charge is -2.12. The molecule has 1 amide bonds. The number of hydrogen-bond donors (Lipinski definition) is 1. The zero-order valence-electron chi connectivity index (χ0n) is 13.3. The molecule has 0 aliphatic carbocycles. The van der Waals surface area contributed by atoms with E-state index in [2.05, 4.69) is 15.4 Å². The molecule has 0 saturated heterocycles. The van der Waals surface area contributed by atoms with Crippen molar-refractivity contribution in [2.45, 2.75) is 19.9 Å². The van der Waals surface area contributed by atoms with Crippen molar-refractivity contribution in [1.82, 2.24) is 20.1 Å². The van der Waals surface area contributed by atoms with Gasteiger partial charge in [0.2, 0.25) is 0 Å². The lowest BCUT2D eigenvalue weighted by atomic mass is 10.2. The molecular weight excluding hydrogens is 308 g/mol. The van der Waals surface area contributed by atoms with E-state index >= 15 is 0 Å². The monoisotopic (exact) mass is 326 g/mol. The number of rotatable bonds is 4. The minimum absolute atomic E-state index is 0.171. The molecule has 3 rings (SSSR count). The largest absolute Gasteiger partial charge is 0.343 e. The first-order chi connectivity index (χ1) is 11.0. The van der Waals surface area contributed by atoms with E-state index in [0.29, 0.717) is 5.69 Å². The molecule has 3 aromatic heterocycles. The summed E-state index contributed by atoms with van der Waals surface area (Å²) in [6.07, 6.45) is 1.80. The Morgan fingerprint density at radius 3 is 2.83 bits per heavy atom. The maximum Gasteiger partial charge on any atom is 0.272 e. The Morgan fingerprint density at radius 1 is 1.35 bits per heavy atom. The van der Waals surface area contributed by atoms with Crippen molar-refractivity contribution in [3.63, 3.8) is 0 Å². The summed E-state index contributed by atoms with van der Waals surface area (Å²) < 4.78 is 1.73. The summed E-state index contributed by atoms with van der Waals surface area (Å²) in [5.41, 5.74) is 3.28. The van der Waals surface area contributed by atoms with Gasteiger partial charge in [0.05, 0.1) is 22.3 Å². The smallest absolute Gasteiger partial charge is 0.272 e. The fourth-order valence-corrected chi connectivity index (χ4v) is 3.09. The minimum atomic E-state index is -0.196. The first kappa shape index (κ1) is 15.4. The topological polar surface area (TPSA) is 59.8 Å². The molecule has 23 heavy (non-hydrogen) atoms. The van der Waals surface area contributed by atoms with Gasteiger partial charge in [-0.25, -0.2) is 0 Å². The van der Waals surface area contributed by atoms with Crippen LogP contribution >= 0.6 is 11.3 Å². The van der Waals surface area contributed by atoms with Crippen LogP contribution in [0.5, 0.6) is 0 Å². The van der Waals surface area contributed by atoms with E-state index in [0.717, 1.165) is 21.8 Å². The third-order valence-electron chi connectivity index (χ3n) is 3.61. The van der Waals surface area contributed by atoms with E-state index in [1.807, 2.05) is 56.6 Å². The van der Waals surface area contributed by atoms with Crippen molar-refractivity contribution >= 4 is 17.2 Å². The summed E-state index contributed by atoms with van der Waals surface area (Å²) in [4.78, 5) is 17.9. The van der Waals surface area contributed by atoms with E-state index < -0.39 is 0 Å². The maximum atomic E-state index is 12.4. The number of aromatic nitrogens is 3. The molecule has 3 heterocycles. The number of nitrogens with zero attached hydrogens (tertiary/aromatic N) is 3. The lowest BCUT2D eigenvalue weighted by Crippen LogP contribution is -2.27. The second-order valence-corrected chi connectivity index (χ2v) is 6.42. The van der Waals surface area contributed by atoms with Gasteiger partial charge in [0.25, 0.3) is 5.91 Å². The van der Waals surface area contributed by atoms with Crippen LogP contribution in [0.1, 0.15) is 34.7 Å². The van der Waals surface area contributed by atoms with Crippen molar-refractivity contribution in [2.75, 3.05) is 0 Å². The Hall–Kier alpha value is -2.47. The molecule has 1 N–H and O–H groups in total. The average molecular weight is 326 g/mol. The predicted octanol–water partition coefficient (Wildman–Crippen LogP) is 3.34. The third-order valence-corrected chi connectivity index (χ3v) is 4.50. The normalized spacial score (nSPS) is 12.1.